The summed E-state index contributed by atoms with van der Waals surface area (Å²) in [6.07, 6.45) is 0. The summed E-state index contributed by atoms with van der Waals surface area (Å²) in [5.74, 6) is -0.426. The molecule has 20 heavy (non-hydrogen) atoms. The molecule has 0 aliphatic rings. The summed E-state index contributed by atoms with van der Waals surface area (Å²) in [6.45, 7) is 0. The number of halogens is 1. The quantitative estimate of drug-likeness (QED) is 0.675. The molecule has 1 heterocycles. The predicted octanol–water partition coefficient (Wildman–Crippen LogP) is 4.18. The van der Waals surface area contributed by atoms with Gasteiger partial charge in [0.25, 0.3) is 0 Å². The van der Waals surface area contributed by atoms with Crippen LogP contribution in [0.1, 0.15) is 15.4 Å². The molecule has 4 heteroatoms. The van der Waals surface area contributed by atoms with Crippen molar-refractivity contribution in [2.45, 2.75) is 0 Å². The summed E-state index contributed by atoms with van der Waals surface area (Å²) >= 11 is 1.27. The van der Waals surface area contributed by atoms with Crippen molar-refractivity contribution in [2.75, 3.05) is 0 Å². The Kier molecular flexibility index (Phi) is 3.39. The maximum Gasteiger partial charge on any atom is 0.221 e. The minimum Gasteiger partial charge on any atom is -0.286 e. The first-order valence-electron chi connectivity index (χ1n) is 6.05. The summed E-state index contributed by atoms with van der Waals surface area (Å²) in [5.41, 5.74) is 1.90. The van der Waals surface area contributed by atoms with Crippen molar-refractivity contribution in [1.82, 2.24) is 4.98 Å². The molecule has 0 spiro atoms. The van der Waals surface area contributed by atoms with Gasteiger partial charge in [0.2, 0.25) is 5.78 Å². The summed E-state index contributed by atoms with van der Waals surface area (Å²) in [6, 6.07) is 15.2. The number of carbonyl (C=O) groups is 1. The number of nitrogens with zero attached hydrogens (tertiary/aromatic N) is 1. The SMILES string of the molecule is O=C(c1ccccc1)c1nc(-c2cccc(F)c2)cs1. The van der Waals surface area contributed by atoms with Crippen LogP contribution in [0.2, 0.25) is 0 Å². The van der Waals surface area contributed by atoms with Gasteiger partial charge in [-0.2, -0.15) is 0 Å². The molecule has 1 aromatic heterocycles. The van der Waals surface area contributed by atoms with Crippen molar-refractivity contribution >= 4 is 17.1 Å². The third-order valence-corrected chi connectivity index (χ3v) is 3.70. The number of carbonyl (C=O) groups excluding carboxylic acids is 1. The highest BCUT2D eigenvalue weighted by molar-refractivity contribution is 7.12. The van der Waals surface area contributed by atoms with Gasteiger partial charge >= 0.3 is 0 Å². The summed E-state index contributed by atoms with van der Waals surface area (Å²) in [7, 11) is 0. The molecule has 0 aliphatic carbocycles. The molecular weight excluding hydrogens is 273 g/mol. The molecule has 0 bridgehead atoms. The largest absolute Gasteiger partial charge is 0.286 e. The lowest BCUT2D eigenvalue weighted by atomic mass is 10.1. The summed E-state index contributed by atoms with van der Waals surface area (Å²) < 4.78 is 13.2. The molecule has 3 aromatic rings. The van der Waals surface area contributed by atoms with Crippen molar-refractivity contribution in [1.29, 1.82) is 0 Å². The van der Waals surface area contributed by atoms with E-state index in [0.717, 1.165) is 0 Å². The molecule has 0 atom stereocenters. The third kappa shape index (κ3) is 2.51. The Morgan fingerprint density at radius 2 is 1.85 bits per heavy atom. The van der Waals surface area contributed by atoms with Crippen molar-refractivity contribution in [2.24, 2.45) is 0 Å². The van der Waals surface area contributed by atoms with Crippen molar-refractivity contribution < 1.29 is 9.18 Å². The average Bonchev–Trinajstić information content (AvgIpc) is 2.97. The number of ketones is 1. The molecule has 0 amide bonds. The van der Waals surface area contributed by atoms with E-state index < -0.39 is 0 Å². The molecule has 0 saturated carbocycles. The normalized spacial score (nSPS) is 10.4. The minimum atomic E-state index is -0.313. The van der Waals surface area contributed by atoms with Gasteiger partial charge in [-0.05, 0) is 12.1 Å². The Labute approximate surface area is 119 Å². The number of rotatable bonds is 3. The van der Waals surface area contributed by atoms with Gasteiger partial charge in [0, 0.05) is 16.5 Å². The maximum absolute atomic E-state index is 13.2. The second-order valence-electron chi connectivity index (χ2n) is 4.24. The van der Waals surface area contributed by atoms with Crippen molar-refractivity contribution in [3.8, 4) is 11.3 Å². The molecule has 0 fully saturated rings. The van der Waals surface area contributed by atoms with E-state index in [4.69, 9.17) is 0 Å². The van der Waals surface area contributed by atoms with E-state index in [0.29, 0.717) is 21.8 Å². The first-order chi connectivity index (χ1) is 9.74. The van der Waals surface area contributed by atoms with E-state index in [9.17, 15) is 9.18 Å². The second-order valence-corrected chi connectivity index (χ2v) is 5.10. The molecule has 98 valence electrons. The summed E-state index contributed by atoms with van der Waals surface area (Å²) in [5, 5.41) is 2.18. The lowest BCUT2D eigenvalue weighted by Crippen LogP contribution is -2.00. The predicted molar refractivity (Wildman–Crippen MR) is 77.4 cm³/mol. The number of aromatic nitrogens is 1. The van der Waals surface area contributed by atoms with Crippen LogP contribution in [0.3, 0.4) is 0 Å². The van der Waals surface area contributed by atoms with Crippen LogP contribution in [0, 0.1) is 5.82 Å². The van der Waals surface area contributed by atoms with Crippen LogP contribution in [0.25, 0.3) is 11.3 Å². The van der Waals surface area contributed by atoms with Gasteiger partial charge in [0.05, 0.1) is 5.69 Å². The van der Waals surface area contributed by atoms with Gasteiger partial charge in [0.15, 0.2) is 5.01 Å². The van der Waals surface area contributed by atoms with Crippen LogP contribution in [0.5, 0.6) is 0 Å². The van der Waals surface area contributed by atoms with E-state index in [-0.39, 0.29) is 11.6 Å². The molecular formula is C16H10FNOS. The van der Waals surface area contributed by atoms with Gasteiger partial charge < -0.3 is 0 Å². The fourth-order valence-corrected chi connectivity index (χ4v) is 2.66. The first kappa shape index (κ1) is 12.7. The van der Waals surface area contributed by atoms with Crippen LogP contribution >= 0.6 is 11.3 Å². The number of hydrogen-bond acceptors (Lipinski definition) is 3. The van der Waals surface area contributed by atoms with E-state index in [2.05, 4.69) is 4.98 Å². The highest BCUT2D eigenvalue weighted by Crippen LogP contribution is 2.24. The topological polar surface area (TPSA) is 30.0 Å². The van der Waals surface area contributed by atoms with Crippen molar-refractivity contribution in [3.63, 3.8) is 0 Å². The van der Waals surface area contributed by atoms with Gasteiger partial charge in [0.1, 0.15) is 5.82 Å². The molecule has 2 nitrogen and oxygen atoms in total. The maximum atomic E-state index is 13.2. The van der Waals surface area contributed by atoms with Gasteiger partial charge in [-0.1, -0.05) is 42.5 Å². The Balaban J connectivity index is 1.93. The summed E-state index contributed by atoms with van der Waals surface area (Å²) in [4.78, 5) is 16.5. The number of hydrogen-bond donors (Lipinski definition) is 0. The molecule has 2 aromatic carbocycles. The fourth-order valence-electron chi connectivity index (χ4n) is 1.87. The number of thiazole rings is 1. The van der Waals surface area contributed by atoms with E-state index in [1.807, 2.05) is 18.2 Å². The lowest BCUT2D eigenvalue weighted by molar-refractivity contribution is 0.103. The molecule has 3 rings (SSSR count). The highest BCUT2D eigenvalue weighted by Gasteiger charge is 2.14. The average molecular weight is 283 g/mol. The molecule has 0 aliphatic heterocycles. The third-order valence-electron chi connectivity index (χ3n) is 2.85. The van der Waals surface area contributed by atoms with E-state index >= 15 is 0 Å². The van der Waals surface area contributed by atoms with Crippen LogP contribution in [0.15, 0.2) is 60.0 Å². The zero-order valence-electron chi connectivity index (χ0n) is 10.4. The van der Waals surface area contributed by atoms with Gasteiger partial charge in [-0.25, -0.2) is 9.37 Å². The van der Waals surface area contributed by atoms with E-state index in [1.165, 1.54) is 23.5 Å². The van der Waals surface area contributed by atoms with Gasteiger partial charge in [-0.15, -0.1) is 11.3 Å². The first-order valence-corrected chi connectivity index (χ1v) is 6.93. The zero-order valence-corrected chi connectivity index (χ0v) is 11.2. The molecule has 0 unspecified atom stereocenters. The van der Waals surface area contributed by atoms with Crippen LogP contribution in [0.4, 0.5) is 4.39 Å². The van der Waals surface area contributed by atoms with Crippen molar-refractivity contribution in [3.05, 3.63) is 76.4 Å². The Bertz CT molecular complexity index is 752. The molecule has 0 saturated heterocycles. The molecule has 0 radical (unpaired) electrons. The minimum absolute atomic E-state index is 0.113. The lowest BCUT2D eigenvalue weighted by Gasteiger charge is -1.97. The number of benzene rings is 2. The van der Waals surface area contributed by atoms with Crippen LogP contribution < -0.4 is 0 Å². The van der Waals surface area contributed by atoms with Crippen LogP contribution in [-0.2, 0) is 0 Å². The second kappa shape index (κ2) is 5.35. The van der Waals surface area contributed by atoms with Gasteiger partial charge in [-0.3, -0.25) is 4.79 Å². The fraction of sp³-hybridized carbons (Fsp3) is 0. The smallest absolute Gasteiger partial charge is 0.221 e. The zero-order chi connectivity index (χ0) is 13.9. The van der Waals surface area contributed by atoms with E-state index in [1.54, 1.807) is 29.6 Å². The Morgan fingerprint density at radius 1 is 1.05 bits per heavy atom. The highest BCUT2D eigenvalue weighted by atomic mass is 32.1. The Hall–Kier alpha value is -2.33. The standard InChI is InChI=1S/C16H10FNOS/c17-13-8-4-7-12(9-13)14-10-20-16(18-14)15(19)11-5-2-1-3-6-11/h1-10H. The van der Waals surface area contributed by atoms with Crippen LogP contribution in [-0.4, -0.2) is 10.8 Å². The Morgan fingerprint density at radius 3 is 2.60 bits per heavy atom. The molecule has 0 N–H and O–H groups in total. The monoisotopic (exact) mass is 283 g/mol.